The van der Waals surface area contributed by atoms with Gasteiger partial charge in [0.05, 0.1) is 7.11 Å². The van der Waals surface area contributed by atoms with Crippen molar-refractivity contribution >= 4 is 12.0 Å². The summed E-state index contributed by atoms with van der Waals surface area (Å²) in [5, 5.41) is 3.43. The molecule has 2 atom stereocenters. The molecule has 124 valence electrons. The highest BCUT2D eigenvalue weighted by atomic mass is 19.1. The number of carbonyl (C=O) groups excluding carboxylic acids is 1. The van der Waals surface area contributed by atoms with Gasteiger partial charge in [-0.3, -0.25) is 4.79 Å². The van der Waals surface area contributed by atoms with Crippen molar-refractivity contribution in [1.82, 2.24) is 10.2 Å². The minimum Gasteiger partial charge on any atom is -0.494 e. The van der Waals surface area contributed by atoms with Crippen LogP contribution in [0.25, 0.3) is 6.08 Å². The summed E-state index contributed by atoms with van der Waals surface area (Å²) in [5.41, 5.74) is 0.660. The van der Waals surface area contributed by atoms with E-state index in [0.29, 0.717) is 17.4 Å². The number of carbonyl (C=O) groups is 1. The SMILES string of the molecule is COc1ccc(C=CC(=O)N2CC[C@@H]3CNC[C@@H]3CC2)cc1F. The Morgan fingerprint density at radius 3 is 2.61 bits per heavy atom. The van der Waals surface area contributed by atoms with Crippen LogP contribution in [0.3, 0.4) is 0 Å². The number of hydrogen-bond donors (Lipinski definition) is 1. The molecule has 0 aromatic heterocycles. The minimum absolute atomic E-state index is 0.00848. The van der Waals surface area contributed by atoms with E-state index < -0.39 is 5.82 Å². The average molecular weight is 318 g/mol. The molecule has 0 saturated carbocycles. The number of likely N-dealkylation sites (tertiary alicyclic amines) is 1. The van der Waals surface area contributed by atoms with Gasteiger partial charge in [-0.25, -0.2) is 4.39 Å². The van der Waals surface area contributed by atoms with E-state index in [1.165, 1.54) is 13.2 Å². The third kappa shape index (κ3) is 3.72. The number of methoxy groups -OCH3 is 1. The molecular formula is C18H23FN2O2. The number of amides is 1. The van der Waals surface area contributed by atoms with Crippen LogP contribution in [0.2, 0.25) is 0 Å². The highest BCUT2D eigenvalue weighted by molar-refractivity contribution is 5.91. The molecule has 1 N–H and O–H groups in total. The number of nitrogens with one attached hydrogen (secondary N) is 1. The topological polar surface area (TPSA) is 41.6 Å². The Balaban J connectivity index is 1.61. The first kappa shape index (κ1) is 16.0. The molecule has 2 saturated heterocycles. The number of halogens is 1. The van der Waals surface area contributed by atoms with Crippen molar-refractivity contribution in [3.63, 3.8) is 0 Å². The Morgan fingerprint density at radius 2 is 2.00 bits per heavy atom. The first-order valence-corrected chi connectivity index (χ1v) is 8.18. The molecule has 0 bridgehead atoms. The van der Waals surface area contributed by atoms with E-state index in [2.05, 4.69) is 5.32 Å². The lowest BCUT2D eigenvalue weighted by molar-refractivity contribution is -0.125. The second kappa shape index (κ2) is 7.13. The van der Waals surface area contributed by atoms with Gasteiger partial charge in [-0.05, 0) is 61.5 Å². The quantitative estimate of drug-likeness (QED) is 0.870. The molecule has 2 fully saturated rings. The zero-order valence-electron chi connectivity index (χ0n) is 13.4. The van der Waals surface area contributed by atoms with Crippen LogP contribution in [-0.2, 0) is 4.79 Å². The van der Waals surface area contributed by atoms with Gasteiger partial charge >= 0.3 is 0 Å². The first-order valence-electron chi connectivity index (χ1n) is 8.18. The van der Waals surface area contributed by atoms with Crippen LogP contribution in [0, 0.1) is 17.7 Å². The molecule has 3 rings (SSSR count). The summed E-state index contributed by atoms with van der Waals surface area (Å²) in [7, 11) is 1.43. The lowest BCUT2D eigenvalue weighted by Gasteiger charge is -2.19. The summed E-state index contributed by atoms with van der Waals surface area (Å²) < 4.78 is 18.5. The maximum Gasteiger partial charge on any atom is 0.246 e. The van der Waals surface area contributed by atoms with Crippen LogP contribution >= 0.6 is 0 Å². The van der Waals surface area contributed by atoms with Crippen molar-refractivity contribution in [2.45, 2.75) is 12.8 Å². The van der Waals surface area contributed by atoms with Gasteiger partial charge in [0.25, 0.3) is 0 Å². The van der Waals surface area contributed by atoms with Crippen molar-refractivity contribution in [2.75, 3.05) is 33.3 Å². The van der Waals surface area contributed by atoms with E-state index in [9.17, 15) is 9.18 Å². The first-order chi connectivity index (χ1) is 11.2. The lowest BCUT2D eigenvalue weighted by atomic mass is 9.92. The van der Waals surface area contributed by atoms with E-state index >= 15 is 0 Å². The molecule has 0 radical (unpaired) electrons. The Bertz CT molecular complexity index is 589. The van der Waals surface area contributed by atoms with Crippen molar-refractivity contribution in [3.8, 4) is 5.75 Å². The van der Waals surface area contributed by atoms with Crippen LogP contribution in [0.1, 0.15) is 18.4 Å². The zero-order chi connectivity index (χ0) is 16.2. The monoisotopic (exact) mass is 318 g/mol. The smallest absolute Gasteiger partial charge is 0.246 e. The second-order valence-corrected chi connectivity index (χ2v) is 6.31. The van der Waals surface area contributed by atoms with E-state index in [1.807, 2.05) is 4.90 Å². The normalized spacial score (nSPS) is 24.5. The van der Waals surface area contributed by atoms with Crippen molar-refractivity contribution in [3.05, 3.63) is 35.7 Å². The van der Waals surface area contributed by atoms with Crippen LogP contribution in [0.4, 0.5) is 4.39 Å². The zero-order valence-corrected chi connectivity index (χ0v) is 13.4. The molecule has 2 heterocycles. The van der Waals surface area contributed by atoms with E-state index in [1.54, 1.807) is 24.3 Å². The molecule has 0 unspecified atom stereocenters. The maximum atomic E-state index is 13.7. The van der Waals surface area contributed by atoms with Gasteiger partial charge in [-0.1, -0.05) is 6.07 Å². The largest absolute Gasteiger partial charge is 0.494 e. The molecule has 23 heavy (non-hydrogen) atoms. The molecule has 1 amide bonds. The van der Waals surface area contributed by atoms with Gasteiger partial charge in [-0.2, -0.15) is 0 Å². The van der Waals surface area contributed by atoms with Gasteiger partial charge in [-0.15, -0.1) is 0 Å². The molecule has 1 aromatic carbocycles. The lowest BCUT2D eigenvalue weighted by Crippen LogP contribution is -2.31. The van der Waals surface area contributed by atoms with Gasteiger partial charge in [0.1, 0.15) is 0 Å². The van der Waals surface area contributed by atoms with Crippen molar-refractivity contribution in [1.29, 1.82) is 0 Å². The molecule has 2 aliphatic rings. The third-order valence-corrected chi connectivity index (χ3v) is 4.93. The average Bonchev–Trinajstić information content (AvgIpc) is 2.91. The van der Waals surface area contributed by atoms with Gasteiger partial charge in [0, 0.05) is 19.2 Å². The standard InChI is InChI=1S/C18H23FN2O2/c1-23-17-4-2-13(10-16(17)19)3-5-18(22)21-8-6-14-11-20-12-15(14)7-9-21/h2-5,10,14-15,20H,6-9,11-12H2,1H3/t14-,15+. The van der Waals surface area contributed by atoms with Crippen molar-refractivity contribution in [2.24, 2.45) is 11.8 Å². The predicted molar refractivity (Wildman–Crippen MR) is 87.6 cm³/mol. The minimum atomic E-state index is -0.419. The fraction of sp³-hybridized carbons (Fsp3) is 0.500. The van der Waals surface area contributed by atoms with Gasteiger partial charge in [0.15, 0.2) is 11.6 Å². The number of fused-ring (bicyclic) bond motifs is 1. The number of hydrogen-bond acceptors (Lipinski definition) is 3. The second-order valence-electron chi connectivity index (χ2n) is 6.31. The molecule has 0 spiro atoms. The summed E-state index contributed by atoms with van der Waals surface area (Å²) in [4.78, 5) is 14.3. The van der Waals surface area contributed by atoms with Gasteiger partial charge in [0.2, 0.25) is 5.91 Å². The molecule has 4 nitrogen and oxygen atoms in total. The van der Waals surface area contributed by atoms with Crippen LogP contribution in [0.15, 0.2) is 24.3 Å². The van der Waals surface area contributed by atoms with Crippen LogP contribution < -0.4 is 10.1 Å². The number of rotatable bonds is 3. The number of benzene rings is 1. The maximum absolute atomic E-state index is 13.7. The highest BCUT2D eigenvalue weighted by Gasteiger charge is 2.30. The molecule has 0 aliphatic carbocycles. The molecule has 2 aliphatic heterocycles. The molecule has 5 heteroatoms. The Labute approximate surface area is 136 Å². The predicted octanol–water partition coefficient (Wildman–Crippen LogP) is 2.31. The number of nitrogens with zero attached hydrogens (tertiary/aromatic N) is 1. The van der Waals surface area contributed by atoms with E-state index in [0.717, 1.165) is 39.0 Å². The Hall–Kier alpha value is -1.88. The Kier molecular flexibility index (Phi) is 4.96. The fourth-order valence-corrected chi connectivity index (χ4v) is 3.50. The molecule has 1 aromatic rings. The summed E-state index contributed by atoms with van der Waals surface area (Å²) in [6, 6.07) is 4.69. The van der Waals surface area contributed by atoms with E-state index in [-0.39, 0.29) is 11.7 Å². The van der Waals surface area contributed by atoms with Crippen LogP contribution in [-0.4, -0.2) is 44.1 Å². The summed E-state index contributed by atoms with van der Waals surface area (Å²) >= 11 is 0. The fourth-order valence-electron chi connectivity index (χ4n) is 3.50. The van der Waals surface area contributed by atoms with Crippen LogP contribution in [0.5, 0.6) is 5.75 Å². The summed E-state index contributed by atoms with van der Waals surface area (Å²) in [5.74, 6) is 1.20. The summed E-state index contributed by atoms with van der Waals surface area (Å²) in [6.07, 6.45) is 5.33. The summed E-state index contributed by atoms with van der Waals surface area (Å²) in [6.45, 7) is 3.77. The van der Waals surface area contributed by atoms with E-state index in [4.69, 9.17) is 4.74 Å². The molecular weight excluding hydrogens is 295 g/mol. The third-order valence-electron chi connectivity index (χ3n) is 4.93. The highest BCUT2D eigenvalue weighted by Crippen LogP contribution is 2.27. The van der Waals surface area contributed by atoms with Crippen molar-refractivity contribution < 1.29 is 13.9 Å². The Morgan fingerprint density at radius 1 is 1.30 bits per heavy atom. The van der Waals surface area contributed by atoms with Gasteiger partial charge < -0.3 is 15.0 Å². The number of ether oxygens (including phenoxy) is 1.